The maximum atomic E-state index is 12.8. The van der Waals surface area contributed by atoms with Gasteiger partial charge < -0.3 is 15.2 Å². The summed E-state index contributed by atoms with van der Waals surface area (Å²) in [5.74, 6) is 2.10. The van der Waals surface area contributed by atoms with Gasteiger partial charge in [0.15, 0.2) is 0 Å². The number of benzene rings is 2. The number of hydrogen-bond acceptors (Lipinski definition) is 2. The maximum Gasteiger partial charge on any atom is 0.299 e. The largest absolute Gasteiger partial charge is 0.382 e. The van der Waals surface area contributed by atoms with Crippen LogP contribution in [0.5, 0.6) is 0 Å². The van der Waals surface area contributed by atoms with Gasteiger partial charge in [0.25, 0.3) is 5.91 Å². The molecule has 0 radical (unpaired) electrons. The monoisotopic (exact) mass is 411 g/mol. The second-order valence-electron chi connectivity index (χ2n) is 8.98. The first-order valence-electron chi connectivity index (χ1n) is 11.4. The highest BCUT2D eigenvalue weighted by atomic mass is 16.2. The molecule has 2 heterocycles. The van der Waals surface area contributed by atoms with Gasteiger partial charge in [0.1, 0.15) is 0 Å². The van der Waals surface area contributed by atoms with Crippen molar-refractivity contribution in [3.05, 3.63) is 65.4 Å². The summed E-state index contributed by atoms with van der Waals surface area (Å²) in [4.78, 5) is 18.2. The predicted octanol–water partition coefficient (Wildman–Crippen LogP) is 5.41. The Morgan fingerprint density at radius 3 is 2.58 bits per heavy atom. The average molecular weight is 412 g/mol. The summed E-state index contributed by atoms with van der Waals surface area (Å²) < 4.78 is 0. The van der Waals surface area contributed by atoms with Gasteiger partial charge in [0, 0.05) is 34.4 Å². The van der Waals surface area contributed by atoms with Crippen LogP contribution < -0.4 is 5.32 Å². The Kier molecular flexibility index (Phi) is 5.19. The number of carbonyl (C=O) groups is 1. The topological polar surface area (TPSA) is 48.1 Å². The fraction of sp³-hybridized carbons (Fsp3) is 0.370. The highest BCUT2D eigenvalue weighted by molar-refractivity contribution is 5.94. The Morgan fingerprint density at radius 1 is 1.10 bits per heavy atom. The van der Waals surface area contributed by atoms with Gasteiger partial charge in [0.05, 0.1) is 6.04 Å². The minimum atomic E-state index is -0.258. The van der Waals surface area contributed by atoms with Gasteiger partial charge in [-0.25, -0.2) is 0 Å². The first-order valence-corrected chi connectivity index (χ1v) is 11.4. The molecule has 0 spiro atoms. The molecule has 2 aliphatic rings. The van der Waals surface area contributed by atoms with Gasteiger partial charge in [-0.1, -0.05) is 49.6 Å². The first kappa shape index (κ1) is 19.8. The van der Waals surface area contributed by atoms with Gasteiger partial charge in [-0.2, -0.15) is 0 Å². The van der Waals surface area contributed by atoms with E-state index in [0.29, 0.717) is 6.04 Å². The standard InChI is InChI=1S/C27H29N3O/c1-3-25(31)30-18(2)17-23-22-11-7-8-12-24(22)29-26(23)27(30)19-13-15-21(16-14-19)28-20-9-5-4-6-10-20/h1,7-8,11-16,18,20,27-29H,4-6,9-10,17H2,2H3/t18-,27-/m0/s1. The van der Waals surface area contributed by atoms with Crippen LogP contribution >= 0.6 is 0 Å². The predicted molar refractivity (Wildman–Crippen MR) is 126 cm³/mol. The molecule has 2 atom stereocenters. The van der Waals surface area contributed by atoms with E-state index in [9.17, 15) is 4.79 Å². The van der Waals surface area contributed by atoms with Crippen LogP contribution in [-0.2, 0) is 11.2 Å². The van der Waals surface area contributed by atoms with Crippen LogP contribution in [0.1, 0.15) is 61.9 Å². The molecule has 1 aliphatic carbocycles. The van der Waals surface area contributed by atoms with Crippen molar-refractivity contribution in [1.29, 1.82) is 0 Å². The lowest BCUT2D eigenvalue weighted by atomic mass is 9.88. The molecule has 1 aliphatic heterocycles. The third-order valence-electron chi connectivity index (χ3n) is 6.93. The Bertz CT molecular complexity index is 1130. The lowest BCUT2D eigenvalue weighted by Gasteiger charge is -2.40. The summed E-state index contributed by atoms with van der Waals surface area (Å²) in [6.07, 6.45) is 12.8. The zero-order valence-electron chi connectivity index (χ0n) is 18.0. The van der Waals surface area contributed by atoms with Gasteiger partial charge in [-0.3, -0.25) is 4.79 Å². The first-order chi connectivity index (χ1) is 15.2. The number of hydrogen-bond donors (Lipinski definition) is 2. The van der Waals surface area contributed by atoms with Crippen molar-refractivity contribution in [2.75, 3.05) is 5.32 Å². The van der Waals surface area contributed by atoms with E-state index in [0.717, 1.165) is 28.9 Å². The second kappa shape index (κ2) is 8.15. The zero-order chi connectivity index (χ0) is 21.4. The zero-order valence-corrected chi connectivity index (χ0v) is 18.0. The molecule has 1 fully saturated rings. The molecule has 4 nitrogen and oxygen atoms in total. The van der Waals surface area contributed by atoms with Gasteiger partial charge in [0.2, 0.25) is 0 Å². The third-order valence-corrected chi connectivity index (χ3v) is 6.93. The normalized spacial score (nSPS) is 21.5. The van der Waals surface area contributed by atoms with Crippen molar-refractivity contribution < 1.29 is 4.79 Å². The highest BCUT2D eigenvalue weighted by Crippen LogP contribution is 2.41. The number of amides is 1. The molecule has 31 heavy (non-hydrogen) atoms. The number of aromatic nitrogens is 1. The number of nitrogens with zero attached hydrogens (tertiary/aromatic N) is 1. The van der Waals surface area contributed by atoms with E-state index in [4.69, 9.17) is 6.42 Å². The van der Waals surface area contributed by atoms with E-state index in [1.807, 2.05) is 11.0 Å². The number of carbonyl (C=O) groups excluding carboxylic acids is 1. The molecule has 2 N–H and O–H groups in total. The van der Waals surface area contributed by atoms with Crippen molar-refractivity contribution in [3.8, 4) is 12.3 Å². The van der Waals surface area contributed by atoms with Crippen LogP contribution in [0.25, 0.3) is 10.9 Å². The molecule has 0 unspecified atom stereocenters. The minimum Gasteiger partial charge on any atom is -0.382 e. The summed E-state index contributed by atoms with van der Waals surface area (Å²) in [6, 6.07) is 17.3. The molecular formula is C27H29N3O. The van der Waals surface area contributed by atoms with E-state index in [2.05, 4.69) is 65.6 Å². The molecule has 4 heteroatoms. The summed E-state index contributed by atoms with van der Waals surface area (Å²) in [6.45, 7) is 2.09. The second-order valence-corrected chi connectivity index (χ2v) is 8.98. The Hall–Kier alpha value is -3.19. The van der Waals surface area contributed by atoms with Gasteiger partial charge in [-0.05, 0) is 61.4 Å². The fourth-order valence-electron chi connectivity index (χ4n) is 5.43. The van der Waals surface area contributed by atoms with Crippen LogP contribution in [0.15, 0.2) is 48.5 Å². The molecule has 1 aromatic heterocycles. The van der Waals surface area contributed by atoms with Crippen LogP contribution in [0.2, 0.25) is 0 Å². The molecule has 0 bridgehead atoms. The number of fused-ring (bicyclic) bond motifs is 3. The van der Waals surface area contributed by atoms with Crippen molar-refractivity contribution in [2.45, 2.75) is 63.6 Å². The van der Waals surface area contributed by atoms with Crippen molar-refractivity contribution in [3.63, 3.8) is 0 Å². The summed E-state index contributed by atoms with van der Waals surface area (Å²) in [5.41, 5.74) is 5.70. The van der Waals surface area contributed by atoms with Crippen LogP contribution in [0, 0.1) is 12.3 Å². The van der Waals surface area contributed by atoms with Gasteiger partial charge in [-0.15, -0.1) is 6.42 Å². The number of para-hydroxylation sites is 1. The lowest BCUT2D eigenvalue weighted by molar-refractivity contribution is -0.129. The van der Waals surface area contributed by atoms with E-state index in [1.165, 1.54) is 43.1 Å². The van der Waals surface area contributed by atoms with E-state index in [1.54, 1.807) is 0 Å². The third kappa shape index (κ3) is 3.59. The molecule has 3 aromatic rings. The summed E-state index contributed by atoms with van der Waals surface area (Å²) in [5, 5.41) is 4.92. The van der Waals surface area contributed by atoms with Crippen molar-refractivity contribution in [1.82, 2.24) is 9.88 Å². The molecule has 1 amide bonds. The Morgan fingerprint density at radius 2 is 1.84 bits per heavy atom. The van der Waals surface area contributed by atoms with Crippen LogP contribution in [0.3, 0.4) is 0 Å². The number of anilines is 1. The molecule has 2 aromatic carbocycles. The minimum absolute atomic E-state index is 0.0281. The molecule has 5 rings (SSSR count). The van der Waals surface area contributed by atoms with E-state index in [-0.39, 0.29) is 18.0 Å². The van der Waals surface area contributed by atoms with Crippen molar-refractivity contribution in [2.24, 2.45) is 0 Å². The highest BCUT2D eigenvalue weighted by Gasteiger charge is 2.38. The number of nitrogens with one attached hydrogen (secondary N) is 2. The summed E-state index contributed by atoms with van der Waals surface area (Å²) >= 11 is 0. The molecule has 0 saturated heterocycles. The maximum absolute atomic E-state index is 12.8. The fourth-order valence-corrected chi connectivity index (χ4v) is 5.43. The number of terminal acetylenes is 1. The average Bonchev–Trinajstić information content (AvgIpc) is 3.17. The van der Waals surface area contributed by atoms with E-state index >= 15 is 0 Å². The van der Waals surface area contributed by atoms with Gasteiger partial charge >= 0.3 is 0 Å². The quantitative estimate of drug-likeness (QED) is 0.566. The number of H-pyrrole nitrogens is 1. The smallest absolute Gasteiger partial charge is 0.299 e. The lowest BCUT2D eigenvalue weighted by Crippen LogP contribution is -2.45. The molecular weight excluding hydrogens is 382 g/mol. The van der Waals surface area contributed by atoms with E-state index < -0.39 is 0 Å². The number of rotatable bonds is 3. The van der Waals surface area contributed by atoms with Crippen molar-refractivity contribution >= 4 is 22.5 Å². The summed E-state index contributed by atoms with van der Waals surface area (Å²) in [7, 11) is 0. The SMILES string of the molecule is C#CC(=O)N1[C@@H](c2ccc(NC3CCCCC3)cc2)c2[nH]c3ccccc3c2C[C@@H]1C. The molecule has 1 saturated carbocycles. The van der Waals surface area contributed by atoms with Crippen LogP contribution in [-0.4, -0.2) is 27.9 Å². The van der Waals surface area contributed by atoms with Crippen LogP contribution in [0.4, 0.5) is 5.69 Å². The number of aromatic amines is 1. The molecule has 158 valence electrons. The Balaban J connectivity index is 1.53. The Labute approximate surface area is 184 Å².